The second kappa shape index (κ2) is 7.96. The first-order chi connectivity index (χ1) is 15.3. The maximum atomic E-state index is 13.6. The van der Waals surface area contributed by atoms with Gasteiger partial charge in [0, 0.05) is 43.0 Å². The second-order valence-corrected chi connectivity index (χ2v) is 10.5. The Morgan fingerprint density at radius 1 is 1.36 bits per heavy atom. The number of aromatic nitrogens is 1. The number of esters is 1. The highest BCUT2D eigenvalue weighted by molar-refractivity contribution is 5.87. The summed E-state index contributed by atoms with van der Waals surface area (Å²) in [6.07, 6.45) is -0.902. The van der Waals surface area contributed by atoms with Gasteiger partial charge in [0.2, 0.25) is 5.91 Å². The molecule has 182 valence electrons. The predicted octanol–water partition coefficient (Wildman–Crippen LogP) is 3.72. The molecule has 3 heterocycles. The Morgan fingerprint density at radius 2 is 2.06 bits per heavy atom. The van der Waals surface area contributed by atoms with Crippen LogP contribution in [0.25, 0.3) is 0 Å². The Hall–Kier alpha value is -2.16. The number of nitrogens with zero attached hydrogens (tertiary/aromatic N) is 2. The van der Waals surface area contributed by atoms with Gasteiger partial charge in [0.05, 0.1) is 23.5 Å². The zero-order valence-electron chi connectivity index (χ0n) is 19.8. The van der Waals surface area contributed by atoms with Crippen LogP contribution < -0.4 is 5.32 Å². The number of nitrogens with one attached hydrogen (secondary N) is 1. The lowest BCUT2D eigenvalue weighted by Crippen LogP contribution is -2.49. The highest BCUT2D eigenvalue weighted by Gasteiger charge is 2.60. The number of rotatable bonds is 4. The summed E-state index contributed by atoms with van der Waals surface area (Å²) >= 11 is 0. The minimum atomic E-state index is -4.46. The lowest BCUT2D eigenvalue weighted by atomic mass is 9.73. The number of ether oxygens (including phenoxy) is 1. The Morgan fingerprint density at radius 3 is 2.70 bits per heavy atom. The summed E-state index contributed by atoms with van der Waals surface area (Å²) in [4.78, 5) is 31.7. The molecule has 1 saturated heterocycles. The summed E-state index contributed by atoms with van der Waals surface area (Å²) < 4.78 is 44.4. The van der Waals surface area contributed by atoms with E-state index < -0.39 is 22.6 Å². The molecule has 2 aliphatic heterocycles. The summed E-state index contributed by atoms with van der Waals surface area (Å²) in [6.45, 7) is 7.88. The molecule has 1 aromatic heterocycles. The van der Waals surface area contributed by atoms with E-state index >= 15 is 0 Å². The highest BCUT2D eigenvalue weighted by Crippen LogP contribution is 2.54. The number of carbonyl (C=O) groups excluding carboxylic acids is 2. The van der Waals surface area contributed by atoms with Gasteiger partial charge in [-0.15, -0.1) is 0 Å². The first-order valence-corrected chi connectivity index (χ1v) is 11.5. The van der Waals surface area contributed by atoms with E-state index in [0.29, 0.717) is 24.1 Å². The molecular formula is C24H32F3N3O3. The van der Waals surface area contributed by atoms with Crippen molar-refractivity contribution in [3.05, 3.63) is 29.1 Å². The minimum absolute atomic E-state index is 0.0345. The summed E-state index contributed by atoms with van der Waals surface area (Å²) in [5.41, 5.74) is -0.883. The third kappa shape index (κ3) is 3.82. The normalized spacial score (nSPS) is 30.4. The number of carbonyl (C=O) groups is 2. The van der Waals surface area contributed by atoms with Crippen LogP contribution in [0.3, 0.4) is 0 Å². The molecule has 1 aromatic rings. The van der Waals surface area contributed by atoms with E-state index in [1.807, 2.05) is 20.8 Å². The molecule has 9 heteroatoms. The molecule has 3 aliphatic rings. The number of fused-ring (bicyclic) bond motifs is 2. The molecule has 1 amide bonds. The van der Waals surface area contributed by atoms with E-state index in [1.54, 1.807) is 4.90 Å². The zero-order chi connectivity index (χ0) is 24.3. The third-order valence-corrected chi connectivity index (χ3v) is 8.50. The first kappa shape index (κ1) is 24.0. The predicted molar refractivity (Wildman–Crippen MR) is 115 cm³/mol. The summed E-state index contributed by atoms with van der Waals surface area (Å²) in [7, 11) is 1.38. The molecule has 1 N–H and O–H groups in total. The number of hydrogen-bond donors (Lipinski definition) is 1. The molecule has 1 spiro atoms. The molecule has 6 nitrogen and oxygen atoms in total. The van der Waals surface area contributed by atoms with Gasteiger partial charge in [-0.1, -0.05) is 6.92 Å². The largest absolute Gasteiger partial charge is 0.469 e. The van der Waals surface area contributed by atoms with E-state index in [-0.39, 0.29) is 42.5 Å². The van der Waals surface area contributed by atoms with Crippen LogP contribution in [-0.2, 0) is 33.5 Å². The van der Waals surface area contributed by atoms with Crippen molar-refractivity contribution in [2.75, 3.05) is 7.11 Å². The average Bonchev–Trinajstić information content (AvgIpc) is 3.27. The average molecular weight is 468 g/mol. The number of hydrogen-bond acceptors (Lipinski definition) is 5. The van der Waals surface area contributed by atoms with Gasteiger partial charge >= 0.3 is 12.1 Å². The Kier molecular flexibility index (Phi) is 5.78. The van der Waals surface area contributed by atoms with Crippen molar-refractivity contribution in [3.63, 3.8) is 0 Å². The maximum Gasteiger partial charge on any atom is 0.417 e. The van der Waals surface area contributed by atoms with Gasteiger partial charge in [-0.3, -0.25) is 14.6 Å². The van der Waals surface area contributed by atoms with E-state index in [9.17, 15) is 22.8 Å². The van der Waals surface area contributed by atoms with Crippen LogP contribution in [0.4, 0.5) is 13.2 Å². The molecule has 3 unspecified atom stereocenters. The molecule has 5 atom stereocenters. The van der Waals surface area contributed by atoms with Crippen LogP contribution in [0, 0.1) is 16.7 Å². The first-order valence-electron chi connectivity index (χ1n) is 11.5. The number of alkyl halides is 3. The standard InChI is InChI=1S/C24H32F3N3O3/c1-13-19-9-18-15(8-16(11-28-18)24(25,26)27)12-30(19)20(31)23(13)7-6-17(10-23)29-14(2)22(3,4)21(32)33-5/h8,11,13-14,17,19,29H,6-7,9-10,12H2,1-5H3/t13?,14?,17-,19?,23+/m1/s1. The Labute approximate surface area is 192 Å². The molecule has 0 bridgehead atoms. The molecule has 2 fully saturated rings. The van der Waals surface area contributed by atoms with E-state index in [0.717, 1.165) is 25.1 Å². The minimum Gasteiger partial charge on any atom is -0.469 e. The lowest BCUT2D eigenvalue weighted by molar-refractivity contribution is -0.152. The fourth-order valence-electron chi connectivity index (χ4n) is 5.97. The number of pyridine rings is 1. The Bertz CT molecular complexity index is 964. The van der Waals surface area contributed by atoms with Crippen LogP contribution in [0.5, 0.6) is 0 Å². The van der Waals surface area contributed by atoms with Crippen LogP contribution >= 0.6 is 0 Å². The smallest absolute Gasteiger partial charge is 0.417 e. The van der Waals surface area contributed by atoms with Gasteiger partial charge in [0.15, 0.2) is 0 Å². The molecule has 0 radical (unpaired) electrons. The van der Waals surface area contributed by atoms with E-state index in [1.165, 1.54) is 7.11 Å². The Balaban J connectivity index is 1.51. The van der Waals surface area contributed by atoms with Crippen molar-refractivity contribution in [1.29, 1.82) is 0 Å². The number of amides is 1. The third-order valence-electron chi connectivity index (χ3n) is 8.50. The van der Waals surface area contributed by atoms with Gasteiger partial charge in [0.1, 0.15) is 0 Å². The topological polar surface area (TPSA) is 71.5 Å². The summed E-state index contributed by atoms with van der Waals surface area (Å²) in [6, 6.07) is 1.01. The van der Waals surface area contributed by atoms with E-state index in [4.69, 9.17) is 4.74 Å². The van der Waals surface area contributed by atoms with Crippen LogP contribution in [-0.4, -0.2) is 47.0 Å². The molecule has 0 aromatic carbocycles. The van der Waals surface area contributed by atoms with Gasteiger partial charge in [-0.05, 0) is 57.6 Å². The molecule has 1 saturated carbocycles. The number of methoxy groups -OCH3 is 1. The molecule has 33 heavy (non-hydrogen) atoms. The van der Waals surface area contributed by atoms with Crippen LogP contribution in [0.15, 0.2) is 12.3 Å². The van der Waals surface area contributed by atoms with Crippen molar-refractivity contribution in [3.8, 4) is 0 Å². The van der Waals surface area contributed by atoms with Crippen LogP contribution in [0.2, 0.25) is 0 Å². The van der Waals surface area contributed by atoms with Gasteiger partial charge in [0.25, 0.3) is 0 Å². The SMILES string of the molecule is COC(=O)C(C)(C)C(C)N[C@@H]1CC[C@@]2(C1)C(=O)N1Cc3cc(C(F)(F)F)cnc3CC1C2C. The van der Waals surface area contributed by atoms with Crippen molar-refractivity contribution in [1.82, 2.24) is 15.2 Å². The quantitative estimate of drug-likeness (QED) is 0.684. The van der Waals surface area contributed by atoms with Crippen molar-refractivity contribution in [2.45, 2.75) is 84.2 Å². The highest BCUT2D eigenvalue weighted by atomic mass is 19.4. The lowest BCUT2D eigenvalue weighted by Gasteiger charge is -2.33. The van der Waals surface area contributed by atoms with Crippen molar-refractivity contribution in [2.24, 2.45) is 16.7 Å². The van der Waals surface area contributed by atoms with Gasteiger partial charge in [-0.2, -0.15) is 13.2 Å². The van der Waals surface area contributed by atoms with Gasteiger partial charge < -0.3 is 15.0 Å². The maximum absolute atomic E-state index is 13.6. The van der Waals surface area contributed by atoms with Crippen molar-refractivity contribution >= 4 is 11.9 Å². The molecule has 4 rings (SSSR count). The van der Waals surface area contributed by atoms with Gasteiger partial charge in [-0.25, -0.2) is 0 Å². The monoisotopic (exact) mass is 467 g/mol. The number of halogens is 3. The molecule has 1 aliphatic carbocycles. The van der Waals surface area contributed by atoms with E-state index in [2.05, 4.69) is 17.2 Å². The van der Waals surface area contributed by atoms with Crippen molar-refractivity contribution < 1.29 is 27.5 Å². The molecular weight excluding hydrogens is 435 g/mol. The summed E-state index contributed by atoms with van der Waals surface area (Å²) in [5, 5.41) is 3.54. The fraction of sp³-hybridized carbons (Fsp3) is 0.708. The van der Waals surface area contributed by atoms with Crippen LogP contribution in [0.1, 0.15) is 63.8 Å². The summed E-state index contributed by atoms with van der Waals surface area (Å²) in [5.74, 6) is -0.189. The fourth-order valence-corrected chi connectivity index (χ4v) is 5.97. The second-order valence-electron chi connectivity index (χ2n) is 10.5. The zero-order valence-corrected chi connectivity index (χ0v) is 19.8.